The first-order valence-electron chi connectivity index (χ1n) is 11.9. The van der Waals surface area contributed by atoms with Crippen LogP contribution < -0.4 is 15.8 Å². The third kappa shape index (κ3) is 4.38. The number of hydrogen-bond donors (Lipinski definition) is 1. The molecule has 1 aliphatic heterocycles. The average Bonchev–Trinajstić information content (AvgIpc) is 3.27. The second kappa shape index (κ2) is 10.6. The van der Waals surface area contributed by atoms with E-state index in [1.54, 1.807) is 67.7 Å². The van der Waals surface area contributed by atoms with Crippen molar-refractivity contribution in [2.75, 3.05) is 40.3 Å². The number of pyridine rings is 1. The van der Waals surface area contributed by atoms with Gasteiger partial charge >= 0.3 is 17.9 Å². The lowest BCUT2D eigenvalue weighted by atomic mass is 9.74. The highest BCUT2D eigenvalue weighted by Gasteiger charge is 2.65. The first kappa shape index (κ1) is 26.8. The highest BCUT2D eigenvalue weighted by Crippen LogP contribution is 2.47. The van der Waals surface area contributed by atoms with Gasteiger partial charge in [-0.25, -0.2) is 4.98 Å². The van der Waals surface area contributed by atoms with E-state index < -0.39 is 46.9 Å². The Morgan fingerprint density at radius 1 is 0.974 bits per heavy atom. The van der Waals surface area contributed by atoms with Crippen LogP contribution in [0.1, 0.15) is 17.2 Å². The minimum absolute atomic E-state index is 0.0239. The minimum Gasteiger partial charge on any atom is -0.469 e. The quantitative estimate of drug-likeness (QED) is 0.356. The van der Waals surface area contributed by atoms with E-state index in [1.807, 2.05) is 6.07 Å². The molecule has 0 spiro atoms. The number of aromatic nitrogens is 2. The number of benzene rings is 1. The first-order valence-corrected chi connectivity index (χ1v) is 11.9. The van der Waals surface area contributed by atoms with Gasteiger partial charge in [-0.2, -0.15) is 0 Å². The highest BCUT2D eigenvalue weighted by atomic mass is 16.5. The van der Waals surface area contributed by atoms with Crippen molar-refractivity contribution in [2.45, 2.75) is 18.0 Å². The number of hydrogen-bond acceptors (Lipinski definition) is 10. The van der Waals surface area contributed by atoms with Gasteiger partial charge in [0.05, 0.1) is 38.9 Å². The molecule has 2 aromatic heterocycles. The third-order valence-electron chi connectivity index (χ3n) is 6.95. The van der Waals surface area contributed by atoms with Crippen LogP contribution in [0.5, 0.6) is 0 Å². The Morgan fingerprint density at radius 3 is 2.24 bits per heavy atom. The Kier molecular flexibility index (Phi) is 7.49. The Hall–Kier alpha value is -4.25. The van der Waals surface area contributed by atoms with Gasteiger partial charge in [0.15, 0.2) is 0 Å². The molecule has 0 saturated carbocycles. The maximum absolute atomic E-state index is 13.9. The number of methoxy groups -OCH3 is 3. The summed E-state index contributed by atoms with van der Waals surface area (Å²) in [6.45, 7) is 0. The van der Waals surface area contributed by atoms with Crippen molar-refractivity contribution < 1.29 is 28.6 Å². The summed E-state index contributed by atoms with van der Waals surface area (Å²) in [5.41, 5.74) is -1.04. The molecule has 3 heterocycles. The Morgan fingerprint density at radius 2 is 1.63 bits per heavy atom. The molecule has 1 N–H and O–H groups in total. The summed E-state index contributed by atoms with van der Waals surface area (Å²) in [7, 11) is 6.97. The monoisotopic (exact) mass is 522 g/mol. The molecular formula is C27H30N4O7. The number of esters is 3. The Labute approximate surface area is 219 Å². The molecule has 4 atom stereocenters. The first-order chi connectivity index (χ1) is 18.2. The van der Waals surface area contributed by atoms with Crippen molar-refractivity contribution in [3.63, 3.8) is 0 Å². The molecule has 1 saturated heterocycles. The van der Waals surface area contributed by atoms with Crippen LogP contribution in [-0.4, -0.2) is 68.3 Å². The van der Waals surface area contributed by atoms with E-state index in [9.17, 15) is 19.2 Å². The summed E-state index contributed by atoms with van der Waals surface area (Å²) in [6, 6.07) is 13.0. The van der Waals surface area contributed by atoms with Crippen LogP contribution in [-0.2, 0) is 35.0 Å². The van der Waals surface area contributed by atoms with Gasteiger partial charge in [-0.15, -0.1) is 0 Å². The van der Waals surface area contributed by atoms with Crippen LogP contribution in [0.3, 0.4) is 0 Å². The van der Waals surface area contributed by atoms with Crippen LogP contribution >= 0.6 is 0 Å². The number of nitrogens with one attached hydrogen (secondary N) is 1. The van der Waals surface area contributed by atoms with Gasteiger partial charge in [-0.1, -0.05) is 36.4 Å². The van der Waals surface area contributed by atoms with Crippen molar-refractivity contribution in [3.05, 3.63) is 76.2 Å². The molecule has 0 amide bonds. The molecule has 1 fully saturated rings. The van der Waals surface area contributed by atoms with E-state index in [2.05, 4.69) is 10.3 Å². The molecule has 38 heavy (non-hydrogen) atoms. The van der Waals surface area contributed by atoms with Gasteiger partial charge < -0.3 is 19.1 Å². The van der Waals surface area contributed by atoms with Crippen LogP contribution in [0.15, 0.2) is 59.5 Å². The van der Waals surface area contributed by atoms with E-state index in [0.717, 1.165) is 0 Å². The maximum Gasteiger partial charge on any atom is 0.327 e. The highest BCUT2D eigenvalue weighted by molar-refractivity contribution is 5.94. The third-order valence-corrected chi connectivity index (χ3v) is 6.95. The van der Waals surface area contributed by atoms with Crippen LogP contribution in [0.2, 0.25) is 0 Å². The van der Waals surface area contributed by atoms with Gasteiger partial charge in [0, 0.05) is 26.7 Å². The number of ether oxygens (including phenoxy) is 3. The zero-order chi connectivity index (χ0) is 27.6. The lowest BCUT2D eigenvalue weighted by molar-refractivity contribution is -0.164. The van der Waals surface area contributed by atoms with Gasteiger partial charge in [0.2, 0.25) is 0 Å². The smallest absolute Gasteiger partial charge is 0.327 e. The van der Waals surface area contributed by atoms with Gasteiger partial charge in [0.25, 0.3) is 5.56 Å². The Bertz CT molecular complexity index is 1420. The van der Waals surface area contributed by atoms with E-state index in [-0.39, 0.29) is 17.8 Å². The number of carbonyl (C=O) groups is 3. The van der Waals surface area contributed by atoms with E-state index >= 15 is 0 Å². The fraction of sp³-hybridized carbons (Fsp3) is 0.370. The van der Waals surface area contributed by atoms with E-state index in [0.29, 0.717) is 11.2 Å². The molecule has 1 aliphatic rings. The second-order valence-corrected chi connectivity index (χ2v) is 9.27. The SMILES string of the molecule is COC(=O)[C@H]1[C@@H](c2c(N(C)C)nc3ccccn3c2=O)N[C@@](Cc2ccccc2)(C(=O)OC)[C@H]1C(=O)OC. The molecule has 3 aromatic rings. The summed E-state index contributed by atoms with van der Waals surface area (Å²) < 4.78 is 16.8. The summed E-state index contributed by atoms with van der Waals surface area (Å²) in [5, 5.41) is 3.20. The molecule has 0 radical (unpaired) electrons. The molecule has 11 heteroatoms. The summed E-state index contributed by atoms with van der Waals surface area (Å²) in [4.78, 5) is 60.5. The predicted molar refractivity (Wildman–Crippen MR) is 138 cm³/mol. The zero-order valence-electron chi connectivity index (χ0n) is 21.8. The van der Waals surface area contributed by atoms with Gasteiger partial charge in [-0.05, 0) is 17.7 Å². The fourth-order valence-corrected chi connectivity index (χ4v) is 5.31. The molecule has 200 valence electrons. The maximum atomic E-state index is 13.9. The van der Waals surface area contributed by atoms with Crippen molar-refractivity contribution in [2.24, 2.45) is 11.8 Å². The molecular weight excluding hydrogens is 492 g/mol. The number of fused-ring (bicyclic) bond motifs is 1. The van der Waals surface area contributed by atoms with E-state index in [4.69, 9.17) is 14.2 Å². The standard InChI is InChI=1S/C27H30N4O7/c1-30(2)22-19(23(32)31-14-10-9-13-17(31)28-22)21-18(24(33)36-3)20(25(34)37-4)27(29-21,26(35)38-5)15-16-11-7-6-8-12-16/h6-14,18,20-21,29H,15H2,1-5H3/t18-,20-,21+,27-/m1/s1. The normalized spacial score (nSPS) is 22.6. The van der Waals surface area contributed by atoms with Crippen LogP contribution in [0, 0.1) is 11.8 Å². The molecule has 1 aromatic carbocycles. The zero-order valence-corrected chi connectivity index (χ0v) is 21.8. The molecule has 0 unspecified atom stereocenters. The summed E-state index contributed by atoms with van der Waals surface area (Å²) in [6.07, 6.45) is 1.54. The van der Waals surface area contributed by atoms with Crippen LogP contribution in [0.25, 0.3) is 5.65 Å². The fourth-order valence-electron chi connectivity index (χ4n) is 5.31. The van der Waals surface area contributed by atoms with Crippen molar-refractivity contribution >= 4 is 29.4 Å². The van der Waals surface area contributed by atoms with Crippen molar-refractivity contribution in [3.8, 4) is 0 Å². The summed E-state index contributed by atoms with van der Waals surface area (Å²) >= 11 is 0. The number of anilines is 1. The lowest BCUT2D eigenvalue weighted by Crippen LogP contribution is -2.57. The predicted octanol–water partition coefficient (Wildman–Crippen LogP) is 1.14. The number of carbonyl (C=O) groups excluding carboxylic acids is 3. The Balaban J connectivity index is 2.05. The molecule has 0 aliphatic carbocycles. The van der Waals surface area contributed by atoms with Crippen molar-refractivity contribution in [1.29, 1.82) is 0 Å². The number of rotatable bonds is 7. The second-order valence-electron chi connectivity index (χ2n) is 9.27. The average molecular weight is 523 g/mol. The minimum atomic E-state index is -1.76. The summed E-state index contributed by atoms with van der Waals surface area (Å²) in [5.74, 6) is -4.82. The largest absolute Gasteiger partial charge is 0.469 e. The van der Waals surface area contributed by atoms with Crippen molar-refractivity contribution in [1.82, 2.24) is 14.7 Å². The lowest BCUT2D eigenvalue weighted by Gasteiger charge is -2.32. The van der Waals surface area contributed by atoms with Gasteiger partial charge in [-0.3, -0.25) is 28.9 Å². The van der Waals surface area contributed by atoms with Gasteiger partial charge in [0.1, 0.15) is 22.9 Å². The van der Waals surface area contributed by atoms with Crippen LogP contribution in [0.4, 0.5) is 5.82 Å². The van der Waals surface area contributed by atoms with E-state index in [1.165, 1.54) is 25.7 Å². The molecule has 0 bridgehead atoms. The topological polar surface area (TPSA) is 129 Å². The number of nitrogens with zero attached hydrogens (tertiary/aromatic N) is 3. The molecule has 4 rings (SSSR count). The molecule has 11 nitrogen and oxygen atoms in total.